The summed E-state index contributed by atoms with van der Waals surface area (Å²) in [5.41, 5.74) is -0.626. The number of rotatable bonds is 5. The van der Waals surface area contributed by atoms with Crippen molar-refractivity contribution >= 4 is 23.4 Å². The van der Waals surface area contributed by atoms with E-state index in [-0.39, 0.29) is 17.1 Å². The van der Waals surface area contributed by atoms with Gasteiger partial charge in [0.05, 0.1) is 22.7 Å². The number of alkyl halides is 3. The molecule has 2 heterocycles. The Kier molecular flexibility index (Phi) is 4.93. The molecular weight excluding hydrogens is 371 g/mol. The van der Waals surface area contributed by atoms with E-state index in [4.69, 9.17) is 0 Å². The topological polar surface area (TPSA) is 90.5 Å². The summed E-state index contributed by atoms with van der Waals surface area (Å²) in [5, 5.41) is 14.4. The number of aromatic nitrogens is 6. The van der Waals surface area contributed by atoms with Gasteiger partial charge in [0.15, 0.2) is 5.16 Å². The van der Waals surface area contributed by atoms with Crippen molar-refractivity contribution in [2.45, 2.75) is 11.3 Å². The number of nitrogens with zero attached hydrogens (tertiary/aromatic N) is 6. The highest BCUT2D eigenvalue weighted by atomic mass is 32.2. The number of carbonyl (C=O) groups excluding carboxylic acids is 1. The lowest BCUT2D eigenvalue weighted by Gasteiger charge is -2.14. The molecule has 8 nitrogen and oxygen atoms in total. The van der Waals surface area contributed by atoms with Crippen LogP contribution in [0.15, 0.2) is 42.3 Å². The standard InChI is InChI=1S/C14H12F3N7OS/c1-23-8-19-22-13(23)26-5-12(25)21-10-4-9(14(15,16)17)2-3-11(10)24-7-18-6-20-24/h2-4,6-8H,5H2,1H3,(H,21,25). The minimum Gasteiger partial charge on any atom is -0.323 e. The fourth-order valence-electron chi connectivity index (χ4n) is 2.06. The van der Waals surface area contributed by atoms with Gasteiger partial charge in [0.2, 0.25) is 5.91 Å². The van der Waals surface area contributed by atoms with E-state index in [0.29, 0.717) is 5.16 Å². The lowest BCUT2D eigenvalue weighted by atomic mass is 10.1. The molecular formula is C14H12F3N7OS. The van der Waals surface area contributed by atoms with Gasteiger partial charge in [-0.2, -0.15) is 18.3 Å². The van der Waals surface area contributed by atoms with Crippen molar-refractivity contribution in [2.75, 3.05) is 11.1 Å². The zero-order chi connectivity index (χ0) is 18.7. The number of aryl methyl sites for hydroxylation is 1. The van der Waals surface area contributed by atoms with Crippen LogP contribution in [0.5, 0.6) is 0 Å². The van der Waals surface area contributed by atoms with Crippen molar-refractivity contribution in [1.82, 2.24) is 29.5 Å². The first-order valence-electron chi connectivity index (χ1n) is 7.17. The number of carbonyl (C=O) groups is 1. The van der Waals surface area contributed by atoms with Crippen LogP contribution in [-0.4, -0.2) is 41.2 Å². The van der Waals surface area contributed by atoms with Crippen LogP contribution in [0.3, 0.4) is 0 Å². The number of thioether (sulfide) groups is 1. The minimum atomic E-state index is -4.53. The average molecular weight is 383 g/mol. The van der Waals surface area contributed by atoms with Crippen molar-refractivity contribution < 1.29 is 18.0 Å². The molecule has 0 atom stereocenters. The Labute approximate surface area is 149 Å². The fourth-order valence-corrected chi connectivity index (χ4v) is 2.75. The zero-order valence-corrected chi connectivity index (χ0v) is 14.1. The summed E-state index contributed by atoms with van der Waals surface area (Å²) in [6.07, 6.45) is -0.483. The zero-order valence-electron chi connectivity index (χ0n) is 13.3. The molecule has 0 unspecified atom stereocenters. The van der Waals surface area contributed by atoms with Crippen molar-refractivity contribution in [3.63, 3.8) is 0 Å². The molecule has 0 radical (unpaired) electrons. The Balaban J connectivity index is 1.82. The van der Waals surface area contributed by atoms with Crippen molar-refractivity contribution in [2.24, 2.45) is 7.05 Å². The maximum Gasteiger partial charge on any atom is 0.416 e. The summed E-state index contributed by atoms with van der Waals surface area (Å²) in [6, 6.07) is 3.01. The molecule has 3 aromatic rings. The summed E-state index contributed by atoms with van der Waals surface area (Å²) in [7, 11) is 1.72. The Hall–Kier alpha value is -2.89. The molecule has 1 amide bonds. The van der Waals surface area contributed by atoms with E-state index in [2.05, 4.69) is 25.6 Å². The number of amides is 1. The molecule has 2 aromatic heterocycles. The van der Waals surface area contributed by atoms with E-state index in [1.54, 1.807) is 11.6 Å². The molecule has 3 rings (SSSR count). The SMILES string of the molecule is Cn1cnnc1SCC(=O)Nc1cc(C(F)(F)F)ccc1-n1cncn1. The van der Waals surface area contributed by atoms with Crippen LogP contribution in [0.1, 0.15) is 5.56 Å². The molecule has 0 bridgehead atoms. The predicted molar refractivity (Wildman–Crippen MR) is 86.7 cm³/mol. The third kappa shape index (κ3) is 4.02. The molecule has 0 aliphatic carbocycles. The van der Waals surface area contributed by atoms with Crippen LogP contribution < -0.4 is 5.32 Å². The summed E-state index contributed by atoms with van der Waals surface area (Å²) in [5.74, 6) is -0.529. The highest BCUT2D eigenvalue weighted by Gasteiger charge is 2.31. The van der Waals surface area contributed by atoms with E-state index in [1.807, 2.05) is 0 Å². The van der Waals surface area contributed by atoms with Crippen LogP contribution in [0, 0.1) is 0 Å². The average Bonchev–Trinajstić information content (AvgIpc) is 3.24. The maximum atomic E-state index is 13.0. The molecule has 0 spiro atoms. The number of nitrogens with one attached hydrogen (secondary N) is 1. The van der Waals surface area contributed by atoms with Gasteiger partial charge in [-0.15, -0.1) is 10.2 Å². The third-order valence-electron chi connectivity index (χ3n) is 3.27. The second-order valence-corrected chi connectivity index (χ2v) is 6.07. The van der Waals surface area contributed by atoms with Gasteiger partial charge in [0.1, 0.15) is 19.0 Å². The number of halogens is 3. The summed E-state index contributed by atoms with van der Waals surface area (Å²) in [4.78, 5) is 16.0. The molecule has 1 N–H and O–H groups in total. The molecule has 12 heteroatoms. The predicted octanol–water partition coefficient (Wildman–Crippen LogP) is 2.15. The van der Waals surface area contributed by atoms with Crippen molar-refractivity contribution in [3.05, 3.63) is 42.7 Å². The van der Waals surface area contributed by atoms with Gasteiger partial charge in [-0.25, -0.2) is 9.67 Å². The number of anilines is 1. The fraction of sp³-hybridized carbons (Fsp3) is 0.214. The molecule has 0 aliphatic heterocycles. The Morgan fingerprint density at radius 1 is 1.31 bits per heavy atom. The van der Waals surface area contributed by atoms with Gasteiger partial charge in [-0.1, -0.05) is 11.8 Å². The lowest BCUT2D eigenvalue weighted by molar-refractivity contribution is -0.137. The van der Waals surface area contributed by atoms with E-state index in [1.165, 1.54) is 29.7 Å². The molecule has 0 saturated heterocycles. The second kappa shape index (κ2) is 7.15. The van der Waals surface area contributed by atoms with Gasteiger partial charge in [-0.3, -0.25) is 4.79 Å². The number of benzene rings is 1. The number of hydrogen-bond acceptors (Lipinski definition) is 6. The highest BCUT2D eigenvalue weighted by molar-refractivity contribution is 7.99. The van der Waals surface area contributed by atoms with Crippen LogP contribution in [0.25, 0.3) is 5.69 Å². The Morgan fingerprint density at radius 3 is 2.73 bits per heavy atom. The quantitative estimate of drug-likeness (QED) is 0.679. The normalized spacial score (nSPS) is 11.5. The highest BCUT2D eigenvalue weighted by Crippen LogP contribution is 2.33. The third-order valence-corrected chi connectivity index (χ3v) is 4.30. The molecule has 1 aromatic carbocycles. The van der Waals surface area contributed by atoms with Crippen LogP contribution in [0.2, 0.25) is 0 Å². The van der Waals surface area contributed by atoms with Crippen LogP contribution in [-0.2, 0) is 18.0 Å². The number of hydrogen-bond donors (Lipinski definition) is 1. The first-order valence-corrected chi connectivity index (χ1v) is 8.16. The lowest BCUT2D eigenvalue weighted by Crippen LogP contribution is -2.17. The van der Waals surface area contributed by atoms with Gasteiger partial charge < -0.3 is 9.88 Å². The Bertz CT molecular complexity index is 908. The second-order valence-electron chi connectivity index (χ2n) is 5.13. The van der Waals surface area contributed by atoms with E-state index < -0.39 is 17.6 Å². The molecule has 0 fully saturated rings. The molecule has 0 aliphatic rings. The first kappa shape index (κ1) is 17.9. The monoisotopic (exact) mass is 383 g/mol. The van der Waals surface area contributed by atoms with Crippen molar-refractivity contribution in [1.29, 1.82) is 0 Å². The molecule has 26 heavy (non-hydrogen) atoms. The van der Waals surface area contributed by atoms with Crippen molar-refractivity contribution in [3.8, 4) is 5.69 Å². The van der Waals surface area contributed by atoms with Gasteiger partial charge >= 0.3 is 6.18 Å². The summed E-state index contributed by atoms with van der Waals surface area (Å²) < 4.78 is 41.9. The van der Waals surface area contributed by atoms with Crippen LogP contribution >= 0.6 is 11.8 Å². The maximum absolute atomic E-state index is 13.0. The molecule has 136 valence electrons. The van der Waals surface area contributed by atoms with Crippen LogP contribution in [0.4, 0.5) is 18.9 Å². The summed E-state index contributed by atoms with van der Waals surface area (Å²) >= 11 is 1.11. The Morgan fingerprint density at radius 2 is 2.12 bits per heavy atom. The van der Waals surface area contributed by atoms with Gasteiger partial charge in [-0.05, 0) is 18.2 Å². The molecule has 0 saturated carbocycles. The van der Waals surface area contributed by atoms with E-state index >= 15 is 0 Å². The smallest absolute Gasteiger partial charge is 0.323 e. The van der Waals surface area contributed by atoms with E-state index in [9.17, 15) is 18.0 Å². The first-order chi connectivity index (χ1) is 12.3. The van der Waals surface area contributed by atoms with E-state index in [0.717, 1.165) is 23.9 Å². The minimum absolute atomic E-state index is 0.0195. The summed E-state index contributed by atoms with van der Waals surface area (Å²) in [6.45, 7) is 0. The largest absolute Gasteiger partial charge is 0.416 e. The van der Waals surface area contributed by atoms with Gasteiger partial charge in [0.25, 0.3) is 0 Å². The van der Waals surface area contributed by atoms with Gasteiger partial charge in [0, 0.05) is 7.05 Å².